The highest BCUT2D eigenvalue weighted by Crippen LogP contribution is 2.03. The zero-order valence-corrected chi connectivity index (χ0v) is 12.8. The van der Waals surface area contributed by atoms with Gasteiger partial charge < -0.3 is 5.11 Å². The van der Waals surface area contributed by atoms with Gasteiger partial charge in [0, 0.05) is 26.1 Å². The monoisotopic (exact) mass is 295 g/mol. The third-order valence-corrected chi connectivity index (χ3v) is 3.22. The summed E-state index contributed by atoms with van der Waals surface area (Å²) in [6.07, 6.45) is 1.44. The van der Waals surface area contributed by atoms with Crippen molar-refractivity contribution in [3.63, 3.8) is 0 Å². The van der Waals surface area contributed by atoms with Crippen LogP contribution in [0, 0.1) is 0 Å². The smallest absolute Gasteiger partial charge is 0.231 e. The molecule has 0 rings (SSSR count). The molecular formula is C11H25N3O4S. The quantitative estimate of drug-likeness (QED) is 0.495. The second kappa shape index (κ2) is 8.47. The Balaban J connectivity index is 4.57. The molecule has 0 saturated carbocycles. The predicted octanol–water partition coefficient (Wildman–Crippen LogP) is -0.562. The Hall–Kier alpha value is -0.700. The number of nitrogens with zero attached hydrogens (tertiary/aromatic N) is 1. The number of nitrogens with one attached hydrogen (secondary N) is 2. The van der Waals surface area contributed by atoms with Crippen molar-refractivity contribution in [2.24, 2.45) is 0 Å². The minimum absolute atomic E-state index is 0.175. The Morgan fingerprint density at radius 2 is 1.95 bits per heavy atom. The number of sulfonamides is 1. The van der Waals surface area contributed by atoms with Gasteiger partial charge >= 0.3 is 0 Å². The van der Waals surface area contributed by atoms with E-state index in [4.69, 9.17) is 0 Å². The summed E-state index contributed by atoms with van der Waals surface area (Å²) in [5, 5.41) is 11.7. The lowest BCUT2D eigenvalue weighted by molar-refractivity contribution is -0.124. The van der Waals surface area contributed by atoms with E-state index in [1.807, 2.05) is 6.92 Å². The molecule has 0 aliphatic carbocycles. The van der Waals surface area contributed by atoms with Crippen molar-refractivity contribution in [3.8, 4) is 0 Å². The zero-order valence-electron chi connectivity index (χ0n) is 12.0. The molecule has 0 fully saturated rings. The maximum Gasteiger partial charge on any atom is 0.231 e. The highest BCUT2D eigenvalue weighted by molar-refractivity contribution is 7.88. The Labute approximate surface area is 115 Å². The number of hydrazine groups is 1. The molecule has 8 heteroatoms. The van der Waals surface area contributed by atoms with Gasteiger partial charge in [-0.2, -0.15) is 0 Å². The minimum Gasteiger partial charge on any atom is -0.390 e. The second-order valence-electron chi connectivity index (χ2n) is 4.59. The highest BCUT2D eigenvalue weighted by Gasteiger charge is 2.23. The number of carbonyl (C=O) groups is 1. The first kappa shape index (κ1) is 18.3. The molecule has 0 aromatic carbocycles. The summed E-state index contributed by atoms with van der Waals surface area (Å²) in [7, 11) is -3.37. The number of hydrogen-bond acceptors (Lipinski definition) is 5. The fourth-order valence-corrected chi connectivity index (χ4v) is 2.62. The summed E-state index contributed by atoms with van der Waals surface area (Å²) in [6, 6.07) is -0.567. The van der Waals surface area contributed by atoms with E-state index in [9.17, 15) is 18.3 Å². The number of carbonyl (C=O) groups excluding carboxylic acids is 1. The van der Waals surface area contributed by atoms with E-state index in [2.05, 4.69) is 10.1 Å². The maximum atomic E-state index is 11.2. The van der Waals surface area contributed by atoms with Crippen molar-refractivity contribution in [1.29, 1.82) is 0 Å². The maximum absolute atomic E-state index is 11.2. The number of aliphatic hydroxyl groups excluding tert-OH is 1. The van der Waals surface area contributed by atoms with Crippen LogP contribution in [0.1, 0.15) is 33.6 Å². The van der Waals surface area contributed by atoms with Gasteiger partial charge in [0.25, 0.3) is 0 Å². The van der Waals surface area contributed by atoms with Crippen LogP contribution in [0.4, 0.5) is 0 Å². The molecule has 0 aliphatic rings. The van der Waals surface area contributed by atoms with E-state index in [0.29, 0.717) is 13.0 Å². The molecule has 0 aromatic heterocycles. The summed E-state index contributed by atoms with van der Waals surface area (Å²) in [5.74, 6) is -0.218. The average molecular weight is 295 g/mol. The van der Waals surface area contributed by atoms with E-state index >= 15 is 0 Å². The van der Waals surface area contributed by atoms with Crippen LogP contribution in [0.25, 0.3) is 0 Å². The second-order valence-corrected chi connectivity index (χ2v) is 6.37. The fourth-order valence-electron chi connectivity index (χ4n) is 1.75. The zero-order chi connectivity index (χ0) is 15.1. The van der Waals surface area contributed by atoms with Crippen molar-refractivity contribution >= 4 is 15.9 Å². The largest absolute Gasteiger partial charge is 0.390 e. The van der Waals surface area contributed by atoms with E-state index in [0.717, 1.165) is 12.7 Å². The first-order chi connectivity index (χ1) is 8.69. The number of amides is 1. The Morgan fingerprint density at radius 3 is 2.32 bits per heavy atom. The van der Waals surface area contributed by atoms with Gasteiger partial charge in [-0.3, -0.25) is 10.2 Å². The molecule has 0 aromatic rings. The Kier molecular flexibility index (Phi) is 8.15. The summed E-state index contributed by atoms with van der Waals surface area (Å²) in [6.45, 7) is 5.89. The van der Waals surface area contributed by atoms with Crippen molar-refractivity contribution in [3.05, 3.63) is 0 Å². The topological polar surface area (TPSA) is 98.7 Å². The molecule has 3 N–H and O–H groups in total. The van der Waals surface area contributed by atoms with Crippen molar-refractivity contribution in [1.82, 2.24) is 15.2 Å². The summed E-state index contributed by atoms with van der Waals surface area (Å²) in [4.78, 5) is 11.0. The SMILES string of the molecule is CCCN(CC(O)C(CC)NS(C)(=O)=O)NC(C)=O. The lowest BCUT2D eigenvalue weighted by Gasteiger charge is -2.28. The first-order valence-electron chi connectivity index (χ1n) is 6.37. The molecule has 0 heterocycles. The number of rotatable bonds is 9. The minimum atomic E-state index is -3.37. The molecule has 0 spiro atoms. The van der Waals surface area contributed by atoms with E-state index in [-0.39, 0.29) is 12.5 Å². The van der Waals surface area contributed by atoms with Gasteiger partial charge in [-0.25, -0.2) is 18.1 Å². The molecule has 1 amide bonds. The molecule has 2 atom stereocenters. The standard InChI is InChI=1S/C11H25N3O4S/c1-5-7-14(12-9(3)15)8-11(16)10(6-2)13-19(4,17)18/h10-11,13,16H,5-8H2,1-4H3,(H,12,15). The van der Waals surface area contributed by atoms with Crippen LogP contribution in [-0.4, -0.2) is 55.9 Å². The van der Waals surface area contributed by atoms with Gasteiger partial charge in [-0.15, -0.1) is 0 Å². The molecular weight excluding hydrogens is 270 g/mol. The van der Waals surface area contributed by atoms with E-state index in [1.54, 1.807) is 11.9 Å². The van der Waals surface area contributed by atoms with Crippen molar-refractivity contribution in [2.45, 2.75) is 45.8 Å². The molecule has 0 bridgehead atoms. The number of hydrogen-bond donors (Lipinski definition) is 3. The summed E-state index contributed by atoms with van der Waals surface area (Å²) >= 11 is 0. The molecule has 0 aliphatic heterocycles. The molecule has 114 valence electrons. The van der Waals surface area contributed by atoms with Gasteiger partial charge in [-0.05, 0) is 12.8 Å². The summed E-state index contributed by atoms with van der Waals surface area (Å²) < 4.78 is 24.8. The Bertz CT molecular complexity index is 372. The lowest BCUT2D eigenvalue weighted by atomic mass is 10.1. The van der Waals surface area contributed by atoms with Crippen LogP contribution in [0.5, 0.6) is 0 Å². The van der Waals surface area contributed by atoms with E-state index < -0.39 is 22.2 Å². The molecule has 19 heavy (non-hydrogen) atoms. The van der Waals surface area contributed by atoms with Crippen LogP contribution in [0.3, 0.4) is 0 Å². The summed E-state index contributed by atoms with van der Waals surface area (Å²) in [5.41, 5.74) is 2.61. The third-order valence-electron chi connectivity index (χ3n) is 2.49. The lowest BCUT2D eigenvalue weighted by Crippen LogP contribution is -2.52. The van der Waals surface area contributed by atoms with Gasteiger partial charge in [0.2, 0.25) is 15.9 Å². The van der Waals surface area contributed by atoms with Gasteiger partial charge in [0.15, 0.2) is 0 Å². The van der Waals surface area contributed by atoms with Crippen LogP contribution >= 0.6 is 0 Å². The van der Waals surface area contributed by atoms with Gasteiger partial charge in [0.05, 0.1) is 12.4 Å². The Morgan fingerprint density at radius 1 is 1.37 bits per heavy atom. The highest BCUT2D eigenvalue weighted by atomic mass is 32.2. The first-order valence-corrected chi connectivity index (χ1v) is 8.26. The molecule has 0 radical (unpaired) electrons. The third kappa shape index (κ3) is 8.93. The van der Waals surface area contributed by atoms with Crippen molar-refractivity contribution in [2.75, 3.05) is 19.3 Å². The average Bonchev–Trinajstić information content (AvgIpc) is 2.23. The molecule has 0 saturated heterocycles. The normalized spacial score (nSPS) is 15.3. The van der Waals surface area contributed by atoms with Crippen LogP contribution in [0.15, 0.2) is 0 Å². The fraction of sp³-hybridized carbons (Fsp3) is 0.909. The van der Waals surface area contributed by atoms with Gasteiger partial charge in [0.1, 0.15) is 0 Å². The molecule has 2 unspecified atom stereocenters. The molecule has 7 nitrogen and oxygen atoms in total. The van der Waals surface area contributed by atoms with Crippen LogP contribution in [0.2, 0.25) is 0 Å². The van der Waals surface area contributed by atoms with Gasteiger partial charge in [-0.1, -0.05) is 13.8 Å². The van der Waals surface area contributed by atoms with Crippen molar-refractivity contribution < 1.29 is 18.3 Å². The van der Waals surface area contributed by atoms with Crippen LogP contribution < -0.4 is 10.1 Å². The predicted molar refractivity (Wildman–Crippen MR) is 73.7 cm³/mol. The van der Waals surface area contributed by atoms with E-state index in [1.165, 1.54) is 6.92 Å². The number of aliphatic hydroxyl groups is 1. The van der Waals surface area contributed by atoms with Crippen LogP contribution in [-0.2, 0) is 14.8 Å².